The normalized spacial score (nSPS) is 21.3. The van der Waals surface area contributed by atoms with Crippen LogP contribution in [0.1, 0.15) is 49.9 Å². The van der Waals surface area contributed by atoms with Crippen LogP contribution >= 0.6 is 15.9 Å². The maximum atomic E-state index is 6.09. The van der Waals surface area contributed by atoms with Crippen LogP contribution < -0.4 is 5.46 Å². The van der Waals surface area contributed by atoms with E-state index in [0.29, 0.717) is 0 Å². The van der Waals surface area contributed by atoms with E-state index in [9.17, 15) is 0 Å². The van der Waals surface area contributed by atoms with Gasteiger partial charge in [0.05, 0.1) is 37.6 Å². The zero-order valence-corrected chi connectivity index (χ0v) is 19.9. The summed E-state index contributed by atoms with van der Waals surface area (Å²) in [5.41, 5.74) is 5.95. The van der Waals surface area contributed by atoms with E-state index in [1.54, 1.807) is 0 Å². The lowest BCUT2D eigenvalue weighted by molar-refractivity contribution is 0.00578. The van der Waals surface area contributed by atoms with Crippen LogP contribution in [0.25, 0.3) is 0 Å². The fraction of sp³-hybridized carbons (Fsp3) is 0.500. The van der Waals surface area contributed by atoms with Gasteiger partial charge in [-0.2, -0.15) is 0 Å². The average Bonchev–Trinajstić information content (AvgIpc) is 2.95. The summed E-state index contributed by atoms with van der Waals surface area (Å²) < 4.78 is 24.1. The summed E-state index contributed by atoms with van der Waals surface area (Å²) in [5.74, 6) is 0. The first-order valence-corrected chi connectivity index (χ1v) is 11.4. The number of ether oxygens (including phenoxy) is 2. The molecule has 3 aliphatic heterocycles. The van der Waals surface area contributed by atoms with Crippen LogP contribution in [0.4, 0.5) is 0 Å². The van der Waals surface area contributed by atoms with Crippen molar-refractivity contribution < 1.29 is 18.8 Å². The molecule has 3 aliphatic rings. The highest BCUT2D eigenvalue weighted by molar-refractivity contribution is 9.10. The highest BCUT2D eigenvalue weighted by Crippen LogP contribution is 2.36. The summed E-state index contributed by atoms with van der Waals surface area (Å²) >= 11 is 3.43. The first kappa shape index (κ1) is 22.0. The van der Waals surface area contributed by atoms with Crippen molar-refractivity contribution in [3.05, 3.63) is 63.1 Å². The van der Waals surface area contributed by atoms with E-state index >= 15 is 0 Å². The quantitative estimate of drug-likeness (QED) is 0.569. The molecule has 160 valence electrons. The maximum Gasteiger partial charge on any atom is 0.494 e. The van der Waals surface area contributed by atoms with Crippen LogP contribution in [0, 0.1) is 0 Å². The highest BCUT2D eigenvalue weighted by Gasteiger charge is 2.51. The molecule has 4 nitrogen and oxygen atoms in total. The number of hydrogen-bond donors (Lipinski definition) is 0. The first-order chi connectivity index (χ1) is 14.2. The van der Waals surface area contributed by atoms with Crippen LogP contribution in [-0.4, -0.2) is 31.5 Å². The number of rotatable bonds is 1. The van der Waals surface area contributed by atoms with Crippen LogP contribution in [-0.2, 0) is 44.8 Å². The van der Waals surface area contributed by atoms with Gasteiger partial charge in [-0.25, -0.2) is 0 Å². The molecular weight excluding hydrogens is 443 g/mol. The molecule has 1 saturated heterocycles. The van der Waals surface area contributed by atoms with Crippen molar-refractivity contribution in [2.75, 3.05) is 13.2 Å². The molecule has 6 heteroatoms. The number of benzene rings is 2. The number of halogens is 1. The predicted molar refractivity (Wildman–Crippen MR) is 123 cm³/mol. The maximum absolute atomic E-state index is 6.09. The van der Waals surface area contributed by atoms with Gasteiger partial charge in [0, 0.05) is 4.47 Å². The molecule has 1 fully saturated rings. The van der Waals surface area contributed by atoms with Crippen molar-refractivity contribution in [1.29, 1.82) is 0 Å². The number of hydrogen-bond acceptors (Lipinski definition) is 4. The minimum absolute atomic E-state index is 0.266. The summed E-state index contributed by atoms with van der Waals surface area (Å²) in [6.07, 6.45) is 2.03. The molecule has 0 aromatic heterocycles. The zero-order valence-electron chi connectivity index (χ0n) is 18.3. The molecule has 0 spiro atoms. The van der Waals surface area contributed by atoms with Crippen molar-refractivity contribution in [3.8, 4) is 0 Å². The van der Waals surface area contributed by atoms with E-state index in [1.807, 2.05) is 0 Å². The Morgan fingerprint density at radius 2 is 1.33 bits per heavy atom. The highest BCUT2D eigenvalue weighted by atomic mass is 79.9. The monoisotopic (exact) mass is 472 g/mol. The Morgan fingerprint density at radius 3 is 2.03 bits per heavy atom. The van der Waals surface area contributed by atoms with Gasteiger partial charge in [0.15, 0.2) is 0 Å². The third-order valence-corrected chi connectivity index (χ3v) is 6.96. The van der Waals surface area contributed by atoms with Gasteiger partial charge >= 0.3 is 7.12 Å². The van der Waals surface area contributed by atoms with Crippen LogP contribution in [0.15, 0.2) is 40.9 Å². The van der Waals surface area contributed by atoms with Gasteiger partial charge in [-0.1, -0.05) is 40.2 Å². The molecule has 2 aromatic carbocycles. The Morgan fingerprint density at radius 1 is 0.733 bits per heavy atom. The second kappa shape index (κ2) is 8.75. The van der Waals surface area contributed by atoms with Crippen molar-refractivity contribution in [2.45, 2.75) is 65.0 Å². The van der Waals surface area contributed by atoms with E-state index in [4.69, 9.17) is 18.8 Å². The Bertz CT molecular complexity index is 896. The van der Waals surface area contributed by atoms with E-state index in [1.165, 1.54) is 22.3 Å². The van der Waals surface area contributed by atoms with Gasteiger partial charge < -0.3 is 18.8 Å². The topological polar surface area (TPSA) is 36.9 Å². The van der Waals surface area contributed by atoms with Gasteiger partial charge in [-0.05, 0) is 80.4 Å². The van der Waals surface area contributed by atoms with E-state index in [0.717, 1.165) is 49.2 Å². The van der Waals surface area contributed by atoms with E-state index < -0.39 is 0 Å². The molecule has 0 radical (unpaired) electrons. The predicted octanol–water partition coefficient (Wildman–Crippen LogP) is 4.58. The lowest BCUT2D eigenvalue weighted by Gasteiger charge is -2.32. The largest absolute Gasteiger partial charge is 0.494 e. The number of fused-ring (bicyclic) bond motifs is 2. The fourth-order valence-electron chi connectivity index (χ4n) is 3.85. The summed E-state index contributed by atoms with van der Waals surface area (Å²) in [6.45, 7) is 11.5. The van der Waals surface area contributed by atoms with Crippen molar-refractivity contribution in [3.63, 3.8) is 0 Å². The third-order valence-electron chi connectivity index (χ3n) is 6.47. The molecule has 30 heavy (non-hydrogen) atoms. The molecule has 0 atom stereocenters. The molecule has 0 N–H and O–H groups in total. The van der Waals surface area contributed by atoms with Crippen LogP contribution in [0.3, 0.4) is 0 Å². The lowest BCUT2D eigenvalue weighted by Crippen LogP contribution is -2.41. The molecule has 0 bridgehead atoms. The summed E-state index contributed by atoms with van der Waals surface area (Å²) in [6, 6.07) is 12.8. The van der Waals surface area contributed by atoms with E-state index in [2.05, 4.69) is 80.0 Å². The summed E-state index contributed by atoms with van der Waals surface area (Å²) in [5, 5.41) is 0. The van der Waals surface area contributed by atoms with Crippen LogP contribution in [0.5, 0.6) is 0 Å². The lowest BCUT2D eigenvalue weighted by atomic mass is 9.77. The van der Waals surface area contributed by atoms with Gasteiger partial charge in [0.25, 0.3) is 0 Å². The van der Waals surface area contributed by atoms with Crippen molar-refractivity contribution >= 4 is 28.5 Å². The minimum atomic E-state index is -0.281. The summed E-state index contributed by atoms with van der Waals surface area (Å²) in [7, 11) is -0.266. The Hall–Kier alpha value is -1.18. The Balaban J connectivity index is 0.000000168. The zero-order chi connectivity index (χ0) is 21.4. The van der Waals surface area contributed by atoms with Gasteiger partial charge in [-0.3, -0.25) is 0 Å². The molecule has 0 aliphatic carbocycles. The smallest absolute Gasteiger partial charge is 0.399 e. The Kier molecular flexibility index (Phi) is 6.43. The molecule has 0 amide bonds. The van der Waals surface area contributed by atoms with Gasteiger partial charge in [0.2, 0.25) is 0 Å². The molecular formula is C24H30BBrO4. The van der Waals surface area contributed by atoms with Gasteiger partial charge in [0.1, 0.15) is 0 Å². The van der Waals surface area contributed by atoms with Crippen LogP contribution in [0.2, 0.25) is 0 Å². The second-order valence-corrected chi connectivity index (χ2v) is 10.1. The fourth-order valence-corrected chi connectivity index (χ4v) is 4.25. The van der Waals surface area contributed by atoms with E-state index in [-0.39, 0.29) is 18.3 Å². The second-order valence-electron chi connectivity index (χ2n) is 9.13. The van der Waals surface area contributed by atoms with Crippen molar-refractivity contribution in [2.24, 2.45) is 0 Å². The average molecular weight is 473 g/mol. The minimum Gasteiger partial charge on any atom is -0.399 e. The first-order valence-electron chi connectivity index (χ1n) is 10.7. The molecule has 0 unspecified atom stereocenters. The Labute approximate surface area is 188 Å². The SMILES string of the molecule is Brc1ccc2c(c1)COCC2.CC1(C)OB(c2ccc3c(c2)CCOC3)OC1(C)C. The molecule has 5 rings (SSSR count). The van der Waals surface area contributed by atoms with Gasteiger partial charge in [-0.15, -0.1) is 0 Å². The molecule has 0 saturated carbocycles. The molecule has 3 heterocycles. The van der Waals surface area contributed by atoms with Crippen molar-refractivity contribution in [1.82, 2.24) is 0 Å². The molecule has 2 aromatic rings. The standard InChI is InChI=1S/C15H21BO3.C9H9BrO/c1-14(2)15(3,4)19-16(18-14)13-6-5-12-10-17-8-7-11(12)9-13;10-9-2-1-7-3-4-11-6-8(7)5-9/h5-6,9H,7-8,10H2,1-4H3;1-2,5H,3-4,6H2. The third kappa shape index (κ3) is 4.68. The summed E-state index contributed by atoms with van der Waals surface area (Å²) in [4.78, 5) is 0.